The zero-order valence-corrected chi connectivity index (χ0v) is 12.8. The Balaban J connectivity index is 2.36. The van der Waals surface area contributed by atoms with E-state index in [1.807, 2.05) is 55.5 Å². The fourth-order valence-electron chi connectivity index (χ4n) is 2.19. The SMILES string of the molecule is CCC(N)C(Oc1ccccc1CO)c1ccccc1Cl. The zero-order valence-electron chi connectivity index (χ0n) is 12.0. The predicted molar refractivity (Wildman–Crippen MR) is 85.5 cm³/mol. The van der Waals surface area contributed by atoms with Crippen LogP contribution >= 0.6 is 11.6 Å². The highest BCUT2D eigenvalue weighted by Gasteiger charge is 2.23. The van der Waals surface area contributed by atoms with Crippen molar-refractivity contribution in [2.45, 2.75) is 32.1 Å². The van der Waals surface area contributed by atoms with Crippen LogP contribution in [0, 0.1) is 0 Å². The van der Waals surface area contributed by atoms with E-state index in [0.29, 0.717) is 10.8 Å². The highest BCUT2D eigenvalue weighted by molar-refractivity contribution is 6.31. The summed E-state index contributed by atoms with van der Waals surface area (Å²) in [4.78, 5) is 0. The fraction of sp³-hybridized carbons (Fsp3) is 0.294. The third-order valence-corrected chi connectivity index (χ3v) is 3.81. The quantitative estimate of drug-likeness (QED) is 0.856. The molecule has 0 aromatic heterocycles. The van der Waals surface area contributed by atoms with Gasteiger partial charge in [0.15, 0.2) is 0 Å². The number of rotatable bonds is 6. The summed E-state index contributed by atoms with van der Waals surface area (Å²) in [6.45, 7) is 1.93. The summed E-state index contributed by atoms with van der Waals surface area (Å²) in [6, 6.07) is 14.8. The van der Waals surface area contributed by atoms with Gasteiger partial charge in [0.05, 0.1) is 6.61 Å². The van der Waals surface area contributed by atoms with E-state index in [0.717, 1.165) is 17.5 Å². The molecule has 0 spiro atoms. The van der Waals surface area contributed by atoms with Gasteiger partial charge in [-0.3, -0.25) is 0 Å². The maximum Gasteiger partial charge on any atom is 0.140 e. The van der Waals surface area contributed by atoms with Crippen molar-refractivity contribution in [3.05, 3.63) is 64.7 Å². The van der Waals surface area contributed by atoms with Crippen LogP contribution in [0.4, 0.5) is 0 Å². The van der Waals surface area contributed by atoms with Gasteiger partial charge in [0.2, 0.25) is 0 Å². The van der Waals surface area contributed by atoms with Crippen molar-refractivity contribution in [1.29, 1.82) is 0 Å². The summed E-state index contributed by atoms with van der Waals surface area (Å²) in [5, 5.41) is 10.0. The Morgan fingerprint density at radius 3 is 2.48 bits per heavy atom. The number of nitrogens with two attached hydrogens (primary N) is 1. The highest BCUT2D eigenvalue weighted by Crippen LogP contribution is 2.31. The minimum atomic E-state index is -0.351. The Labute approximate surface area is 130 Å². The van der Waals surface area contributed by atoms with E-state index in [2.05, 4.69) is 0 Å². The molecule has 21 heavy (non-hydrogen) atoms. The Kier molecular flexibility index (Phi) is 5.62. The largest absolute Gasteiger partial charge is 0.484 e. The molecule has 0 aliphatic heterocycles. The summed E-state index contributed by atoms with van der Waals surface area (Å²) in [5.74, 6) is 0.633. The summed E-state index contributed by atoms with van der Waals surface area (Å²) in [5.41, 5.74) is 7.81. The molecule has 0 saturated heterocycles. The molecule has 0 saturated carbocycles. The van der Waals surface area contributed by atoms with Gasteiger partial charge >= 0.3 is 0 Å². The molecule has 0 aliphatic carbocycles. The highest BCUT2D eigenvalue weighted by atomic mass is 35.5. The summed E-state index contributed by atoms with van der Waals surface area (Å²) in [6.07, 6.45) is 0.411. The van der Waals surface area contributed by atoms with Crippen molar-refractivity contribution in [1.82, 2.24) is 0 Å². The van der Waals surface area contributed by atoms with Gasteiger partial charge in [-0.15, -0.1) is 0 Å². The van der Waals surface area contributed by atoms with Gasteiger partial charge in [0.25, 0.3) is 0 Å². The third kappa shape index (κ3) is 3.76. The van der Waals surface area contributed by atoms with E-state index in [4.69, 9.17) is 22.1 Å². The molecule has 0 radical (unpaired) electrons. The van der Waals surface area contributed by atoms with Crippen LogP contribution in [0.1, 0.15) is 30.6 Å². The molecule has 2 unspecified atom stereocenters. The van der Waals surface area contributed by atoms with Gasteiger partial charge < -0.3 is 15.6 Å². The molecule has 3 nitrogen and oxygen atoms in total. The monoisotopic (exact) mass is 305 g/mol. The average molecular weight is 306 g/mol. The van der Waals surface area contributed by atoms with Gasteiger partial charge in [-0.2, -0.15) is 0 Å². The van der Waals surface area contributed by atoms with Crippen molar-refractivity contribution in [3.63, 3.8) is 0 Å². The molecule has 0 aliphatic rings. The van der Waals surface area contributed by atoms with E-state index in [1.54, 1.807) is 0 Å². The van der Waals surface area contributed by atoms with Gasteiger partial charge in [0.1, 0.15) is 11.9 Å². The van der Waals surface area contributed by atoms with Crippen LogP contribution in [0.3, 0.4) is 0 Å². The molecule has 3 N–H and O–H groups in total. The van der Waals surface area contributed by atoms with Crippen molar-refractivity contribution in [2.75, 3.05) is 0 Å². The molecule has 2 aromatic carbocycles. The van der Waals surface area contributed by atoms with Crippen LogP contribution in [0.5, 0.6) is 5.75 Å². The lowest BCUT2D eigenvalue weighted by Crippen LogP contribution is -2.31. The lowest BCUT2D eigenvalue weighted by molar-refractivity contribution is 0.164. The molecule has 4 heteroatoms. The molecule has 2 aromatic rings. The van der Waals surface area contributed by atoms with Gasteiger partial charge in [0, 0.05) is 22.2 Å². The lowest BCUT2D eigenvalue weighted by atomic mass is 10.0. The first-order valence-corrected chi connectivity index (χ1v) is 7.40. The zero-order chi connectivity index (χ0) is 15.2. The number of hydrogen-bond acceptors (Lipinski definition) is 3. The number of aliphatic hydroxyl groups excluding tert-OH is 1. The maximum atomic E-state index is 9.41. The lowest BCUT2D eigenvalue weighted by Gasteiger charge is -2.26. The minimum Gasteiger partial charge on any atom is -0.484 e. The molecule has 2 rings (SSSR count). The van der Waals surface area contributed by atoms with Gasteiger partial charge in [-0.25, -0.2) is 0 Å². The number of ether oxygens (including phenoxy) is 1. The Morgan fingerprint density at radius 2 is 1.81 bits per heavy atom. The summed E-state index contributed by atoms with van der Waals surface area (Å²) >= 11 is 6.27. The van der Waals surface area contributed by atoms with E-state index in [1.165, 1.54) is 0 Å². The van der Waals surface area contributed by atoms with Gasteiger partial charge in [-0.05, 0) is 18.6 Å². The molecule has 2 atom stereocenters. The van der Waals surface area contributed by atoms with Crippen LogP contribution in [-0.2, 0) is 6.61 Å². The average Bonchev–Trinajstić information content (AvgIpc) is 2.53. The molecule has 112 valence electrons. The predicted octanol–water partition coefficient (Wildman–Crippen LogP) is 3.69. The standard InChI is InChI=1S/C17H20ClNO2/c1-2-15(19)17(13-8-4-5-9-14(13)18)21-16-10-6-3-7-12(16)11-20/h3-10,15,17,20H,2,11,19H2,1H3. The number of halogens is 1. The fourth-order valence-corrected chi connectivity index (χ4v) is 2.43. The minimum absolute atomic E-state index is 0.0766. The van der Waals surface area contributed by atoms with Crippen LogP contribution in [-0.4, -0.2) is 11.1 Å². The first-order chi connectivity index (χ1) is 10.2. The number of aliphatic hydroxyl groups is 1. The normalized spacial score (nSPS) is 13.7. The molecule has 0 amide bonds. The smallest absolute Gasteiger partial charge is 0.140 e. The Morgan fingerprint density at radius 1 is 1.14 bits per heavy atom. The summed E-state index contributed by atoms with van der Waals surface area (Å²) in [7, 11) is 0. The molecule has 0 bridgehead atoms. The molecular formula is C17H20ClNO2. The molecular weight excluding hydrogens is 286 g/mol. The number of benzene rings is 2. The second kappa shape index (κ2) is 7.46. The topological polar surface area (TPSA) is 55.5 Å². The van der Waals surface area contributed by atoms with Gasteiger partial charge in [-0.1, -0.05) is 54.9 Å². The van der Waals surface area contributed by atoms with Crippen LogP contribution in [0.25, 0.3) is 0 Å². The molecule has 0 heterocycles. The van der Waals surface area contributed by atoms with E-state index < -0.39 is 0 Å². The third-order valence-electron chi connectivity index (χ3n) is 3.47. The summed E-state index contributed by atoms with van der Waals surface area (Å²) < 4.78 is 6.09. The van der Waals surface area contributed by atoms with Crippen molar-refractivity contribution < 1.29 is 9.84 Å². The number of hydrogen-bond donors (Lipinski definition) is 2. The van der Waals surface area contributed by atoms with Crippen molar-refractivity contribution in [3.8, 4) is 5.75 Å². The first-order valence-electron chi connectivity index (χ1n) is 7.02. The van der Waals surface area contributed by atoms with Crippen molar-refractivity contribution >= 4 is 11.6 Å². The van der Waals surface area contributed by atoms with E-state index in [-0.39, 0.29) is 18.8 Å². The second-order valence-electron chi connectivity index (χ2n) is 4.90. The first kappa shape index (κ1) is 15.8. The van der Waals surface area contributed by atoms with Crippen LogP contribution in [0.15, 0.2) is 48.5 Å². The van der Waals surface area contributed by atoms with Crippen molar-refractivity contribution in [2.24, 2.45) is 5.73 Å². The maximum absolute atomic E-state index is 9.41. The van der Waals surface area contributed by atoms with Crippen LogP contribution < -0.4 is 10.5 Å². The van der Waals surface area contributed by atoms with E-state index >= 15 is 0 Å². The number of para-hydroxylation sites is 1. The van der Waals surface area contributed by atoms with Crippen LogP contribution in [0.2, 0.25) is 5.02 Å². The second-order valence-corrected chi connectivity index (χ2v) is 5.31. The Hall–Kier alpha value is -1.55. The molecule has 0 fully saturated rings. The van der Waals surface area contributed by atoms with E-state index in [9.17, 15) is 5.11 Å². The Bertz CT molecular complexity index is 589.